The third-order valence-corrected chi connectivity index (χ3v) is 2.72. The molecule has 0 aromatic heterocycles. The van der Waals surface area contributed by atoms with E-state index < -0.39 is 0 Å². The standard InChI is InChI=1S/C13H19NO.C2H7N/c1-4-14(5-2)13(15)10-12-9-7-6-8-11(12)3;1-3-2/h6-9H,4-5,10H2,1-3H3;3H,1-2H3. The van der Waals surface area contributed by atoms with E-state index in [9.17, 15) is 4.79 Å². The smallest absolute Gasteiger partial charge is 0.226 e. The van der Waals surface area contributed by atoms with Crippen molar-refractivity contribution in [2.24, 2.45) is 0 Å². The Morgan fingerprint density at radius 3 is 2.11 bits per heavy atom. The molecule has 1 rings (SSSR count). The van der Waals surface area contributed by atoms with Crippen molar-refractivity contribution in [3.8, 4) is 0 Å². The number of benzene rings is 1. The lowest BCUT2D eigenvalue weighted by Crippen LogP contribution is -2.31. The zero-order chi connectivity index (χ0) is 14.0. The lowest BCUT2D eigenvalue weighted by Gasteiger charge is -2.19. The molecule has 0 fully saturated rings. The van der Waals surface area contributed by atoms with Crippen molar-refractivity contribution in [1.82, 2.24) is 10.2 Å². The largest absolute Gasteiger partial charge is 0.343 e. The molecule has 18 heavy (non-hydrogen) atoms. The first kappa shape index (κ1) is 16.6. The van der Waals surface area contributed by atoms with Crippen LogP contribution in [0.4, 0.5) is 0 Å². The van der Waals surface area contributed by atoms with Crippen molar-refractivity contribution < 1.29 is 4.79 Å². The highest BCUT2D eigenvalue weighted by Crippen LogP contribution is 2.09. The summed E-state index contributed by atoms with van der Waals surface area (Å²) in [6, 6.07) is 8.06. The molecule has 1 amide bonds. The van der Waals surface area contributed by atoms with Crippen molar-refractivity contribution in [1.29, 1.82) is 0 Å². The van der Waals surface area contributed by atoms with Crippen molar-refractivity contribution in [3.05, 3.63) is 35.4 Å². The lowest BCUT2D eigenvalue weighted by molar-refractivity contribution is -0.130. The van der Waals surface area contributed by atoms with E-state index in [0.717, 1.165) is 18.7 Å². The van der Waals surface area contributed by atoms with Gasteiger partial charge in [0.15, 0.2) is 0 Å². The second-order valence-corrected chi connectivity index (χ2v) is 4.17. The van der Waals surface area contributed by atoms with Crippen molar-refractivity contribution in [3.63, 3.8) is 0 Å². The van der Waals surface area contributed by atoms with Gasteiger partial charge in [-0.15, -0.1) is 0 Å². The number of carbonyl (C=O) groups excluding carboxylic acids is 1. The van der Waals surface area contributed by atoms with Crippen LogP contribution in [0.5, 0.6) is 0 Å². The van der Waals surface area contributed by atoms with Crippen LogP contribution in [0.25, 0.3) is 0 Å². The fourth-order valence-corrected chi connectivity index (χ4v) is 1.66. The second kappa shape index (κ2) is 9.66. The minimum absolute atomic E-state index is 0.217. The van der Waals surface area contributed by atoms with Gasteiger partial charge in [-0.2, -0.15) is 0 Å². The topological polar surface area (TPSA) is 32.3 Å². The Hall–Kier alpha value is -1.35. The molecular weight excluding hydrogens is 224 g/mol. The van der Waals surface area contributed by atoms with Gasteiger partial charge < -0.3 is 10.2 Å². The summed E-state index contributed by atoms with van der Waals surface area (Å²) >= 11 is 0. The highest BCUT2D eigenvalue weighted by atomic mass is 16.2. The highest BCUT2D eigenvalue weighted by molar-refractivity contribution is 5.79. The molecule has 0 bridgehead atoms. The minimum atomic E-state index is 0.217. The van der Waals surface area contributed by atoms with Crippen LogP contribution >= 0.6 is 0 Å². The van der Waals surface area contributed by atoms with Crippen molar-refractivity contribution >= 4 is 5.91 Å². The van der Waals surface area contributed by atoms with Crippen LogP contribution in [0.1, 0.15) is 25.0 Å². The summed E-state index contributed by atoms with van der Waals surface area (Å²) in [5.41, 5.74) is 2.33. The molecule has 0 aliphatic rings. The Kier molecular flexibility index (Phi) is 8.93. The molecule has 1 aromatic carbocycles. The first-order valence-corrected chi connectivity index (χ1v) is 6.51. The Morgan fingerprint density at radius 2 is 1.67 bits per heavy atom. The van der Waals surface area contributed by atoms with Gasteiger partial charge in [-0.05, 0) is 46.0 Å². The third kappa shape index (κ3) is 5.82. The Labute approximate surface area is 111 Å². The van der Waals surface area contributed by atoms with Gasteiger partial charge >= 0.3 is 0 Å². The molecule has 0 radical (unpaired) electrons. The Bertz CT molecular complexity index is 346. The normalized spacial score (nSPS) is 9.39. The van der Waals surface area contributed by atoms with Gasteiger partial charge in [0.2, 0.25) is 5.91 Å². The quantitative estimate of drug-likeness (QED) is 0.889. The summed E-state index contributed by atoms with van der Waals surface area (Å²) in [5, 5.41) is 2.75. The number of nitrogens with one attached hydrogen (secondary N) is 1. The van der Waals surface area contributed by atoms with Crippen LogP contribution in [0.15, 0.2) is 24.3 Å². The molecule has 0 atom stereocenters. The molecule has 3 heteroatoms. The van der Waals surface area contributed by atoms with Crippen LogP contribution < -0.4 is 5.32 Å². The summed E-state index contributed by atoms with van der Waals surface area (Å²) in [6.07, 6.45) is 0.522. The third-order valence-electron chi connectivity index (χ3n) is 2.72. The molecule has 0 unspecified atom stereocenters. The zero-order valence-corrected chi connectivity index (χ0v) is 12.3. The van der Waals surface area contributed by atoms with Gasteiger partial charge in [-0.1, -0.05) is 24.3 Å². The van der Waals surface area contributed by atoms with E-state index in [1.807, 2.05) is 64.0 Å². The maximum atomic E-state index is 11.9. The van der Waals surface area contributed by atoms with Crippen LogP contribution in [0, 0.1) is 6.92 Å². The first-order chi connectivity index (χ1) is 8.60. The number of carbonyl (C=O) groups is 1. The van der Waals surface area contributed by atoms with Gasteiger partial charge in [-0.25, -0.2) is 0 Å². The van der Waals surface area contributed by atoms with E-state index in [1.165, 1.54) is 5.56 Å². The number of hydrogen-bond donors (Lipinski definition) is 1. The molecule has 0 aliphatic heterocycles. The van der Waals surface area contributed by atoms with E-state index in [0.29, 0.717) is 6.42 Å². The van der Waals surface area contributed by atoms with Crippen LogP contribution in [-0.4, -0.2) is 38.0 Å². The average Bonchev–Trinajstić information content (AvgIpc) is 2.35. The Balaban J connectivity index is 0.000000873. The Morgan fingerprint density at radius 1 is 1.17 bits per heavy atom. The van der Waals surface area contributed by atoms with E-state index >= 15 is 0 Å². The lowest BCUT2D eigenvalue weighted by atomic mass is 10.1. The predicted octanol–water partition coefficient (Wildman–Crippen LogP) is 2.24. The number of hydrogen-bond acceptors (Lipinski definition) is 2. The average molecular weight is 250 g/mol. The van der Waals surface area contributed by atoms with Crippen LogP contribution in [0.2, 0.25) is 0 Å². The number of amides is 1. The molecule has 0 spiro atoms. The SMILES string of the molecule is CCN(CC)C(=O)Cc1ccccc1C.CNC. The number of nitrogens with zero attached hydrogens (tertiary/aromatic N) is 1. The summed E-state index contributed by atoms with van der Waals surface area (Å²) in [7, 11) is 3.75. The second-order valence-electron chi connectivity index (χ2n) is 4.17. The summed E-state index contributed by atoms with van der Waals surface area (Å²) in [6.45, 7) is 7.66. The van der Waals surface area contributed by atoms with Crippen molar-refractivity contribution in [2.45, 2.75) is 27.2 Å². The summed E-state index contributed by atoms with van der Waals surface area (Å²) in [4.78, 5) is 13.7. The molecule has 0 aliphatic carbocycles. The molecule has 3 nitrogen and oxygen atoms in total. The van der Waals surface area contributed by atoms with Gasteiger partial charge in [0.25, 0.3) is 0 Å². The molecule has 1 N–H and O–H groups in total. The van der Waals surface area contributed by atoms with Gasteiger partial charge in [0.1, 0.15) is 0 Å². The van der Waals surface area contributed by atoms with E-state index in [1.54, 1.807) is 0 Å². The molecule has 0 saturated heterocycles. The molecule has 0 heterocycles. The van der Waals surface area contributed by atoms with Gasteiger partial charge in [0.05, 0.1) is 6.42 Å². The highest BCUT2D eigenvalue weighted by Gasteiger charge is 2.10. The monoisotopic (exact) mass is 250 g/mol. The van der Waals surface area contributed by atoms with E-state index in [2.05, 4.69) is 5.32 Å². The maximum absolute atomic E-state index is 11.9. The number of rotatable bonds is 4. The first-order valence-electron chi connectivity index (χ1n) is 6.51. The molecular formula is C15H26N2O. The summed E-state index contributed by atoms with van der Waals surface area (Å²) < 4.78 is 0. The zero-order valence-electron chi connectivity index (χ0n) is 12.3. The van der Waals surface area contributed by atoms with Gasteiger partial charge in [-0.3, -0.25) is 4.79 Å². The predicted molar refractivity (Wildman–Crippen MR) is 77.8 cm³/mol. The van der Waals surface area contributed by atoms with Crippen LogP contribution in [-0.2, 0) is 11.2 Å². The van der Waals surface area contributed by atoms with E-state index in [-0.39, 0.29) is 5.91 Å². The van der Waals surface area contributed by atoms with E-state index in [4.69, 9.17) is 0 Å². The minimum Gasteiger partial charge on any atom is -0.343 e. The number of likely N-dealkylation sites (N-methyl/N-ethyl adjacent to an activating group) is 1. The number of aryl methyl sites for hydroxylation is 1. The molecule has 0 saturated carbocycles. The van der Waals surface area contributed by atoms with Gasteiger partial charge in [0, 0.05) is 13.1 Å². The molecule has 1 aromatic rings. The van der Waals surface area contributed by atoms with Crippen molar-refractivity contribution in [2.75, 3.05) is 27.2 Å². The fraction of sp³-hybridized carbons (Fsp3) is 0.533. The maximum Gasteiger partial charge on any atom is 0.226 e. The fourth-order valence-electron chi connectivity index (χ4n) is 1.66. The molecule has 102 valence electrons. The van der Waals surface area contributed by atoms with Crippen LogP contribution in [0.3, 0.4) is 0 Å². The summed E-state index contributed by atoms with van der Waals surface area (Å²) in [5.74, 6) is 0.217.